The molecule has 0 radical (unpaired) electrons. The molecule has 0 saturated carbocycles. The van der Waals surface area contributed by atoms with Gasteiger partial charge in [-0.15, -0.1) is 0 Å². The number of nitrogens with one attached hydrogen (secondary N) is 1. The van der Waals surface area contributed by atoms with Crippen molar-refractivity contribution >= 4 is 46.4 Å². The van der Waals surface area contributed by atoms with Crippen molar-refractivity contribution in [3.8, 4) is 5.75 Å². The fourth-order valence-electron chi connectivity index (χ4n) is 1.29. The first-order valence-electron chi connectivity index (χ1n) is 4.71. The molecule has 0 aliphatic carbocycles. The van der Waals surface area contributed by atoms with Gasteiger partial charge >= 0.3 is 0 Å². The molecule has 1 heterocycles. The van der Waals surface area contributed by atoms with Gasteiger partial charge < -0.3 is 14.8 Å². The summed E-state index contributed by atoms with van der Waals surface area (Å²) in [5.74, 6) is -0.704. The van der Waals surface area contributed by atoms with Crippen molar-refractivity contribution in [3.05, 3.63) is 45.3 Å². The monoisotopic (exact) mass is 305 g/mol. The van der Waals surface area contributed by atoms with Crippen LogP contribution < -0.4 is 5.32 Å². The molecule has 4 nitrogen and oxygen atoms in total. The molecule has 7 heteroatoms. The predicted octanol–water partition coefficient (Wildman–Crippen LogP) is 4.20. The fourth-order valence-corrected chi connectivity index (χ4v) is 1.98. The molecular weight excluding hydrogens is 300 g/mol. The van der Waals surface area contributed by atoms with Crippen LogP contribution in [0.4, 0.5) is 5.69 Å². The lowest BCUT2D eigenvalue weighted by Gasteiger charge is -2.07. The Hall–Kier alpha value is -1.36. The summed E-state index contributed by atoms with van der Waals surface area (Å²) in [4.78, 5) is 11.8. The second kappa shape index (κ2) is 5.10. The Morgan fingerprint density at radius 1 is 1.22 bits per heavy atom. The van der Waals surface area contributed by atoms with Gasteiger partial charge in [-0.1, -0.05) is 23.2 Å². The third kappa shape index (κ3) is 2.56. The van der Waals surface area contributed by atoms with Gasteiger partial charge in [0.15, 0.2) is 5.75 Å². The molecule has 1 aromatic carbocycles. The smallest absolute Gasteiger partial charge is 0.260 e. The van der Waals surface area contributed by atoms with Crippen molar-refractivity contribution in [2.24, 2.45) is 0 Å². The number of hydrogen-bond acceptors (Lipinski definition) is 3. The Bertz CT molecular complexity index is 586. The minimum absolute atomic E-state index is 0.0107. The molecule has 0 aliphatic heterocycles. The maximum Gasteiger partial charge on any atom is 0.260 e. The molecule has 1 aromatic heterocycles. The average Bonchev–Trinajstić information content (AvgIpc) is 2.72. The molecule has 2 aromatic rings. The number of phenols is 1. The number of aromatic hydroxyl groups is 1. The highest BCUT2D eigenvalue weighted by Crippen LogP contribution is 2.34. The van der Waals surface area contributed by atoms with E-state index in [0.717, 1.165) is 0 Å². The Morgan fingerprint density at radius 3 is 2.33 bits per heavy atom. The molecule has 0 bridgehead atoms. The van der Waals surface area contributed by atoms with E-state index >= 15 is 0 Å². The van der Waals surface area contributed by atoms with Crippen LogP contribution in [0.25, 0.3) is 0 Å². The standard InChI is InChI=1S/C11H6Cl3NO3/c12-7-3-5(4-8(13)9(7)16)15-11(17)6-1-2-18-10(6)14/h1-4,16H,(H,15,17). The molecular formula is C11H6Cl3NO3. The molecule has 0 spiro atoms. The highest BCUT2D eigenvalue weighted by molar-refractivity contribution is 6.37. The number of benzene rings is 1. The zero-order chi connectivity index (χ0) is 13.3. The minimum atomic E-state index is -0.466. The Labute approximate surface area is 117 Å². The summed E-state index contributed by atoms with van der Waals surface area (Å²) in [5, 5.41) is 12.0. The molecule has 2 rings (SSSR count). The third-order valence-electron chi connectivity index (χ3n) is 2.14. The zero-order valence-electron chi connectivity index (χ0n) is 8.71. The highest BCUT2D eigenvalue weighted by atomic mass is 35.5. The summed E-state index contributed by atoms with van der Waals surface area (Å²) < 4.78 is 4.80. The van der Waals surface area contributed by atoms with Gasteiger partial charge in [-0.25, -0.2) is 0 Å². The van der Waals surface area contributed by atoms with E-state index in [9.17, 15) is 9.90 Å². The number of hydrogen-bond donors (Lipinski definition) is 2. The van der Waals surface area contributed by atoms with E-state index < -0.39 is 5.91 Å². The van der Waals surface area contributed by atoms with Crippen LogP contribution in [0.2, 0.25) is 15.3 Å². The maximum absolute atomic E-state index is 11.8. The summed E-state index contributed by atoms with van der Waals surface area (Å²) in [6.45, 7) is 0. The second-order valence-electron chi connectivity index (χ2n) is 3.35. The van der Waals surface area contributed by atoms with E-state index in [1.54, 1.807) is 0 Å². The van der Waals surface area contributed by atoms with Gasteiger partial charge in [0, 0.05) is 5.69 Å². The Morgan fingerprint density at radius 2 is 1.83 bits per heavy atom. The number of rotatable bonds is 2. The van der Waals surface area contributed by atoms with Gasteiger partial charge in [0.2, 0.25) is 5.22 Å². The first-order chi connectivity index (χ1) is 8.49. The van der Waals surface area contributed by atoms with Crippen molar-refractivity contribution in [1.29, 1.82) is 0 Å². The molecule has 18 heavy (non-hydrogen) atoms. The third-order valence-corrected chi connectivity index (χ3v) is 3.01. The van der Waals surface area contributed by atoms with Gasteiger partial charge in [-0.05, 0) is 29.8 Å². The van der Waals surface area contributed by atoms with Gasteiger partial charge in [0.25, 0.3) is 5.91 Å². The Kier molecular flexibility index (Phi) is 3.71. The molecule has 0 aliphatic rings. The summed E-state index contributed by atoms with van der Waals surface area (Å²) in [6, 6.07) is 4.17. The largest absolute Gasteiger partial charge is 0.505 e. The van der Waals surface area contributed by atoms with Crippen LogP contribution in [-0.2, 0) is 0 Å². The number of furan rings is 1. The van der Waals surface area contributed by atoms with Crippen LogP contribution >= 0.6 is 34.8 Å². The summed E-state index contributed by atoms with van der Waals surface area (Å²) >= 11 is 17.1. The first-order valence-corrected chi connectivity index (χ1v) is 5.85. The topological polar surface area (TPSA) is 62.5 Å². The van der Waals surface area contributed by atoms with Gasteiger partial charge in [-0.3, -0.25) is 4.79 Å². The number of halogens is 3. The lowest BCUT2D eigenvalue weighted by atomic mass is 10.2. The number of anilines is 1. The molecule has 0 saturated heterocycles. The average molecular weight is 307 g/mol. The van der Waals surface area contributed by atoms with Crippen LogP contribution in [0, 0.1) is 0 Å². The van der Waals surface area contributed by atoms with E-state index in [0.29, 0.717) is 5.69 Å². The molecule has 94 valence electrons. The van der Waals surface area contributed by atoms with Crippen LogP contribution in [0.1, 0.15) is 10.4 Å². The highest BCUT2D eigenvalue weighted by Gasteiger charge is 2.14. The van der Waals surface area contributed by atoms with Gasteiger partial charge in [0.05, 0.1) is 21.9 Å². The maximum atomic E-state index is 11.8. The van der Waals surface area contributed by atoms with Crippen LogP contribution in [0.15, 0.2) is 28.9 Å². The predicted molar refractivity (Wildman–Crippen MR) is 69.8 cm³/mol. The number of carbonyl (C=O) groups is 1. The van der Waals surface area contributed by atoms with Crippen molar-refractivity contribution in [2.75, 3.05) is 5.32 Å². The minimum Gasteiger partial charge on any atom is -0.505 e. The Balaban J connectivity index is 2.25. The summed E-state index contributed by atoms with van der Waals surface area (Å²) in [6.07, 6.45) is 1.30. The van der Waals surface area contributed by atoms with Crippen molar-refractivity contribution in [1.82, 2.24) is 0 Å². The van der Waals surface area contributed by atoms with Crippen molar-refractivity contribution < 1.29 is 14.3 Å². The van der Waals surface area contributed by atoms with Crippen molar-refractivity contribution in [3.63, 3.8) is 0 Å². The van der Waals surface area contributed by atoms with E-state index in [-0.39, 0.29) is 26.6 Å². The lowest BCUT2D eigenvalue weighted by molar-refractivity contribution is 0.102. The molecule has 0 unspecified atom stereocenters. The molecule has 0 fully saturated rings. The van der Waals surface area contributed by atoms with Crippen LogP contribution in [0.3, 0.4) is 0 Å². The van der Waals surface area contributed by atoms with Crippen LogP contribution in [-0.4, -0.2) is 11.0 Å². The second-order valence-corrected chi connectivity index (χ2v) is 4.51. The van der Waals surface area contributed by atoms with Gasteiger partial charge in [-0.2, -0.15) is 0 Å². The number of phenolic OH excluding ortho intramolecular Hbond substituents is 1. The fraction of sp³-hybridized carbons (Fsp3) is 0. The first kappa shape index (κ1) is 13.1. The zero-order valence-corrected chi connectivity index (χ0v) is 11.0. The van der Waals surface area contributed by atoms with Crippen LogP contribution in [0.5, 0.6) is 5.75 Å². The van der Waals surface area contributed by atoms with Gasteiger partial charge in [0.1, 0.15) is 0 Å². The molecule has 2 N–H and O–H groups in total. The van der Waals surface area contributed by atoms with E-state index in [1.165, 1.54) is 24.5 Å². The molecule has 0 atom stereocenters. The number of carbonyl (C=O) groups excluding carboxylic acids is 1. The van der Waals surface area contributed by atoms with E-state index in [1.807, 2.05) is 0 Å². The quantitative estimate of drug-likeness (QED) is 0.817. The normalized spacial score (nSPS) is 10.4. The lowest BCUT2D eigenvalue weighted by Crippen LogP contribution is -2.11. The molecule has 1 amide bonds. The van der Waals surface area contributed by atoms with E-state index in [2.05, 4.69) is 5.32 Å². The number of amides is 1. The van der Waals surface area contributed by atoms with Crippen molar-refractivity contribution in [2.45, 2.75) is 0 Å². The SMILES string of the molecule is O=C(Nc1cc(Cl)c(O)c(Cl)c1)c1ccoc1Cl. The summed E-state index contributed by atoms with van der Waals surface area (Å²) in [7, 11) is 0. The summed E-state index contributed by atoms with van der Waals surface area (Å²) in [5.41, 5.74) is 0.530. The van der Waals surface area contributed by atoms with E-state index in [4.69, 9.17) is 39.2 Å².